The van der Waals surface area contributed by atoms with Gasteiger partial charge in [-0.2, -0.15) is 0 Å². The molecule has 1 fully saturated rings. The zero-order chi connectivity index (χ0) is 21.3. The number of pyridine rings is 1. The topological polar surface area (TPSA) is 92.4 Å². The van der Waals surface area contributed by atoms with Gasteiger partial charge < -0.3 is 20.7 Å². The second-order valence-electron chi connectivity index (χ2n) is 7.45. The van der Waals surface area contributed by atoms with E-state index in [2.05, 4.69) is 37.3 Å². The van der Waals surface area contributed by atoms with Crippen LogP contribution in [-0.2, 0) is 11.3 Å². The number of ether oxygens (including phenoxy) is 1. The Kier molecular flexibility index (Phi) is 7.25. The van der Waals surface area contributed by atoms with Gasteiger partial charge in [-0.15, -0.1) is 0 Å². The molecule has 1 aliphatic rings. The Morgan fingerprint density at radius 1 is 1.00 bits per heavy atom. The number of anilines is 4. The quantitative estimate of drug-likeness (QED) is 0.512. The molecule has 1 aromatic carbocycles. The predicted molar refractivity (Wildman–Crippen MR) is 123 cm³/mol. The van der Waals surface area contributed by atoms with E-state index in [9.17, 15) is 0 Å². The minimum absolute atomic E-state index is 0.524. The van der Waals surface area contributed by atoms with Crippen molar-refractivity contribution in [1.82, 2.24) is 19.9 Å². The van der Waals surface area contributed by atoms with E-state index in [1.165, 1.54) is 0 Å². The number of nitrogen functional groups attached to an aromatic ring is 1. The highest BCUT2D eigenvalue weighted by atomic mass is 16.5. The first kappa shape index (κ1) is 21.0. The summed E-state index contributed by atoms with van der Waals surface area (Å²) in [7, 11) is 0. The second kappa shape index (κ2) is 10.7. The van der Waals surface area contributed by atoms with Crippen molar-refractivity contribution in [2.45, 2.75) is 13.0 Å². The van der Waals surface area contributed by atoms with Crippen LogP contribution in [-0.4, -0.2) is 59.2 Å². The number of benzene rings is 1. The van der Waals surface area contributed by atoms with Gasteiger partial charge in [-0.3, -0.25) is 4.90 Å². The van der Waals surface area contributed by atoms with Crippen molar-refractivity contribution in [3.8, 4) is 0 Å². The van der Waals surface area contributed by atoms with Gasteiger partial charge in [0.05, 0.1) is 19.8 Å². The van der Waals surface area contributed by atoms with Crippen LogP contribution in [0, 0.1) is 0 Å². The molecule has 0 saturated carbocycles. The van der Waals surface area contributed by atoms with Crippen molar-refractivity contribution >= 4 is 23.1 Å². The van der Waals surface area contributed by atoms with Gasteiger partial charge >= 0.3 is 0 Å². The first-order chi connectivity index (χ1) is 15.3. The summed E-state index contributed by atoms with van der Waals surface area (Å²) in [6.07, 6.45) is 4.33. The average molecular weight is 420 g/mol. The van der Waals surface area contributed by atoms with Crippen molar-refractivity contribution in [3.63, 3.8) is 0 Å². The predicted octanol–water partition coefficient (Wildman–Crippen LogP) is 2.93. The summed E-state index contributed by atoms with van der Waals surface area (Å²) in [5.74, 6) is 2.09. The first-order valence-corrected chi connectivity index (χ1v) is 10.7. The molecule has 0 atom stereocenters. The third-order valence-corrected chi connectivity index (χ3v) is 5.28. The Balaban J connectivity index is 1.48. The summed E-state index contributed by atoms with van der Waals surface area (Å²) in [4.78, 5) is 17.8. The van der Waals surface area contributed by atoms with Gasteiger partial charge in [-0.05, 0) is 30.7 Å². The maximum absolute atomic E-state index is 6.52. The van der Waals surface area contributed by atoms with Gasteiger partial charge in [-0.25, -0.2) is 15.0 Å². The molecule has 3 heterocycles. The molecule has 0 radical (unpaired) electrons. The highest BCUT2D eigenvalue weighted by Gasteiger charge is 2.18. The molecule has 0 unspecified atom stereocenters. The molecule has 0 amide bonds. The van der Waals surface area contributed by atoms with Gasteiger partial charge in [-0.1, -0.05) is 36.4 Å². The Labute approximate surface area is 183 Å². The van der Waals surface area contributed by atoms with Crippen molar-refractivity contribution in [2.75, 3.05) is 55.3 Å². The highest BCUT2D eigenvalue weighted by Crippen LogP contribution is 2.32. The van der Waals surface area contributed by atoms with E-state index in [0.717, 1.165) is 57.2 Å². The van der Waals surface area contributed by atoms with E-state index in [-0.39, 0.29) is 0 Å². The first-order valence-electron chi connectivity index (χ1n) is 10.7. The van der Waals surface area contributed by atoms with Gasteiger partial charge in [0, 0.05) is 25.8 Å². The molecule has 1 aliphatic heterocycles. The molecule has 3 N–H and O–H groups in total. The lowest BCUT2D eigenvalue weighted by Gasteiger charge is -2.26. The number of nitrogens with one attached hydrogen (secondary N) is 1. The van der Waals surface area contributed by atoms with E-state index in [4.69, 9.17) is 10.5 Å². The van der Waals surface area contributed by atoms with Gasteiger partial charge in [0.2, 0.25) is 0 Å². The van der Waals surface area contributed by atoms with Crippen LogP contribution in [0.15, 0.2) is 61.1 Å². The van der Waals surface area contributed by atoms with Crippen LogP contribution in [0.2, 0.25) is 0 Å². The summed E-state index contributed by atoms with van der Waals surface area (Å²) >= 11 is 0. The zero-order valence-electron chi connectivity index (χ0n) is 17.7. The van der Waals surface area contributed by atoms with Crippen molar-refractivity contribution in [1.29, 1.82) is 0 Å². The van der Waals surface area contributed by atoms with E-state index in [1.54, 1.807) is 12.5 Å². The van der Waals surface area contributed by atoms with Crippen LogP contribution in [0.4, 0.5) is 23.1 Å². The molecule has 0 bridgehead atoms. The molecular formula is C23H29N7O. The standard InChI is InChI=1S/C23H29N7O/c24-21-22(26-11-6-12-29-13-15-31-16-14-29)27-18-28-23(21)30(20-9-4-5-10-25-20)17-19-7-2-1-3-8-19/h1-5,7-10,18H,6,11-17,24H2,(H,26,27,28). The third-order valence-electron chi connectivity index (χ3n) is 5.28. The minimum atomic E-state index is 0.524. The number of nitrogens with zero attached hydrogens (tertiary/aromatic N) is 5. The van der Waals surface area contributed by atoms with Crippen molar-refractivity contribution in [2.24, 2.45) is 0 Å². The number of nitrogens with two attached hydrogens (primary N) is 1. The second-order valence-corrected chi connectivity index (χ2v) is 7.45. The van der Waals surface area contributed by atoms with Crippen LogP contribution in [0.5, 0.6) is 0 Å². The molecule has 3 aromatic rings. The fraction of sp³-hybridized carbons (Fsp3) is 0.348. The molecule has 4 rings (SSSR count). The summed E-state index contributed by atoms with van der Waals surface area (Å²) in [6.45, 7) is 6.07. The zero-order valence-corrected chi connectivity index (χ0v) is 17.7. The highest BCUT2D eigenvalue weighted by molar-refractivity contribution is 5.78. The normalized spacial score (nSPS) is 14.3. The van der Waals surface area contributed by atoms with Crippen LogP contribution < -0.4 is 16.0 Å². The van der Waals surface area contributed by atoms with Gasteiger partial charge in [0.1, 0.15) is 17.8 Å². The number of rotatable bonds is 9. The van der Waals surface area contributed by atoms with Crippen LogP contribution in [0.25, 0.3) is 0 Å². The number of hydrogen-bond acceptors (Lipinski definition) is 8. The Morgan fingerprint density at radius 2 is 1.81 bits per heavy atom. The number of aromatic nitrogens is 3. The summed E-state index contributed by atoms with van der Waals surface area (Å²) in [6, 6.07) is 16.0. The smallest absolute Gasteiger partial charge is 0.163 e. The molecule has 2 aromatic heterocycles. The lowest BCUT2D eigenvalue weighted by Crippen LogP contribution is -2.37. The molecular weight excluding hydrogens is 390 g/mol. The largest absolute Gasteiger partial charge is 0.393 e. The monoisotopic (exact) mass is 419 g/mol. The average Bonchev–Trinajstić information content (AvgIpc) is 2.83. The SMILES string of the molecule is Nc1c(NCCCN2CCOCC2)ncnc1N(Cc1ccccc1)c1ccccn1. The van der Waals surface area contributed by atoms with Crippen LogP contribution in [0.3, 0.4) is 0 Å². The summed E-state index contributed by atoms with van der Waals surface area (Å²) in [5, 5.41) is 3.38. The summed E-state index contributed by atoms with van der Waals surface area (Å²) < 4.78 is 5.41. The molecule has 1 saturated heterocycles. The molecule has 162 valence electrons. The van der Waals surface area contributed by atoms with Crippen LogP contribution >= 0.6 is 0 Å². The van der Waals surface area contributed by atoms with Crippen molar-refractivity contribution < 1.29 is 4.74 Å². The van der Waals surface area contributed by atoms with Crippen LogP contribution in [0.1, 0.15) is 12.0 Å². The lowest BCUT2D eigenvalue weighted by atomic mass is 10.2. The molecule has 0 aliphatic carbocycles. The summed E-state index contributed by atoms with van der Waals surface area (Å²) in [5.41, 5.74) is 8.18. The maximum atomic E-state index is 6.52. The Morgan fingerprint density at radius 3 is 2.58 bits per heavy atom. The number of morpholine rings is 1. The molecule has 8 nitrogen and oxygen atoms in total. The van der Waals surface area contributed by atoms with E-state index >= 15 is 0 Å². The van der Waals surface area contributed by atoms with Crippen molar-refractivity contribution in [3.05, 3.63) is 66.6 Å². The Bertz CT molecular complexity index is 933. The molecule has 0 spiro atoms. The maximum Gasteiger partial charge on any atom is 0.163 e. The Hall–Kier alpha value is -3.23. The van der Waals surface area contributed by atoms with Gasteiger partial charge in [0.25, 0.3) is 0 Å². The van der Waals surface area contributed by atoms with E-state index in [0.29, 0.717) is 23.9 Å². The number of hydrogen-bond donors (Lipinski definition) is 2. The third kappa shape index (κ3) is 5.68. The van der Waals surface area contributed by atoms with E-state index < -0.39 is 0 Å². The van der Waals surface area contributed by atoms with E-state index in [1.807, 2.05) is 41.3 Å². The van der Waals surface area contributed by atoms with Gasteiger partial charge in [0.15, 0.2) is 11.6 Å². The minimum Gasteiger partial charge on any atom is -0.393 e. The molecule has 31 heavy (non-hydrogen) atoms. The fourth-order valence-corrected chi connectivity index (χ4v) is 3.62. The fourth-order valence-electron chi connectivity index (χ4n) is 3.62. The lowest BCUT2D eigenvalue weighted by molar-refractivity contribution is 0.0378. The molecule has 8 heteroatoms.